The quantitative estimate of drug-likeness (QED) is 0.208. The first-order chi connectivity index (χ1) is 16.3. The highest BCUT2D eigenvalue weighted by atomic mass is 14.7. The summed E-state index contributed by atoms with van der Waals surface area (Å²) < 4.78 is 0. The Morgan fingerprint density at radius 3 is 2.18 bits per heavy atom. The third-order valence-corrected chi connectivity index (χ3v) is 7.51. The van der Waals surface area contributed by atoms with Crippen LogP contribution in [0.5, 0.6) is 0 Å². The van der Waals surface area contributed by atoms with Crippen molar-refractivity contribution in [1.29, 1.82) is 0 Å². The number of allylic oxidation sites excluding steroid dienone is 2. The van der Waals surface area contributed by atoms with E-state index in [9.17, 15) is 0 Å². The predicted octanol–water partition coefficient (Wildman–Crippen LogP) is 9.75. The molecule has 0 atom stereocenters. The van der Waals surface area contributed by atoms with Crippen LogP contribution in [0.1, 0.15) is 108 Å². The molecule has 1 heterocycles. The number of benzene rings is 1. The summed E-state index contributed by atoms with van der Waals surface area (Å²) in [5.74, 6) is 1.84. The van der Waals surface area contributed by atoms with E-state index in [-0.39, 0.29) is 0 Å². The molecule has 0 aliphatic heterocycles. The number of pyridine rings is 1. The van der Waals surface area contributed by atoms with Gasteiger partial charge in [0.1, 0.15) is 0 Å². The van der Waals surface area contributed by atoms with Crippen molar-refractivity contribution in [3.8, 4) is 11.3 Å². The summed E-state index contributed by atoms with van der Waals surface area (Å²) in [4.78, 5) is 4.72. The van der Waals surface area contributed by atoms with E-state index in [1.54, 1.807) is 0 Å². The Balaban J connectivity index is 1.36. The Morgan fingerprint density at radius 2 is 1.48 bits per heavy atom. The summed E-state index contributed by atoms with van der Waals surface area (Å²) in [6.07, 6.45) is 27.1. The number of aryl methyl sites for hydroxylation is 2. The molecule has 1 saturated carbocycles. The van der Waals surface area contributed by atoms with Gasteiger partial charge in [-0.15, -0.1) is 0 Å². The Bertz CT molecular complexity index is 778. The molecule has 1 nitrogen and oxygen atoms in total. The van der Waals surface area contributed by atoms with Crippen molar-refractivity contribution in [3.63, 3.8) is 0 Å². The third-order valence-electron chi connectivity index (χ3n) is 7.51. The molecule has 0 spiro atoms. The first-order valence-corrected chi connectivity index (χ1v) is 14.0. The monoisotopic (exact) mass is 445 g/mol. The molecule has 1 aromatic carbocycles. The standard InChI is InChI=1S/C32H47N/c1-3-5-7-9-15-30-22-25-32(33-26-30)31-23-20-29(21-24-31)14-11-10-13-28-18-16-27(17-19-28)12-8-6-4-2/h10,13,20-28H,3-9,11-12,14-19H2,1-2H3/b13-10+. The highest BCUT2D eigenvalue weighted by Crippen LogP contribution is 2.32. The zero-order valence-corrected chi connectivity index (χ0v) is 21.4. The fourth-order valence-corrected chi connectivity index (χ4v) is 5.23. The molecule has 1 aliphatic rings. The number of nitrogens with zero attached hydrogens (tertiary/aromatic N) is 1. The maximum absolute atomic E-state index is 4.72. The van der Waals surface area contributed by atoms with E-state index in [1.807, 2.05) is 0 Å². The summed E-state index contributed by atoms with van der Waals surface area (Å²) in [5, 5.41) is 0. The lowest BCUT2D eigenvalue weighted by atomic mass is 9.79. The predicted molar refractivity (Wildman–Crippen MR) is 145 cm³/mol. The molecule has 1 fully saturated rings. The Hall–Kier alpha value is -1.89. The van der Waals surface area contributed by atoms with Gasteiger partial charge in [0.15, 0.2) is 0 Å². The van der Waals surface area contributed by atoms with Crippen LogP contribution < -0.4 is 0 Å². The molecule has 1 aromatic heterocycles. The minimum Gasteiger partial charge on any atom is -0.256 e. The van der Waals surface area contributed by atoms with Crippen LogP contribution in [0.4, 0.5) is 0 Å². The van der Waals surface area contributed by atoms with Gasteiger partial charge in [-0.1, -0.05) is 101 Å². The topological polar surface area (TPSA) is 12.9 Å². The molecular formula is C32H47N. The van der Waals surface area contributed by atoms with Crippen LogP contribution in [0, 0.1) is 11.8 Å². The van der Waals surface area contributed by atoms with Crippen molar-refractivity contribution >= 4 is 0 Å². The van der Waals surface area contributed by atoms with Gasteiger partial charge in [0.2, 0.25) is 0 Å². The van der Waals surface area contributed by atoms with Gasteiger partial charge in [-0.05, 0) is 80.4 Å². The molecule has 0 radical (unpaired) electrons. The van der Waals surface area contributed by atoms with Crippen molar-refractivity contribution in [2.24, 2.45) is 11.8 Å². The lowest BCUT2D eigenvalue weighted by Gasteiger charge is -2.26. The lowest BCUT2D eigenvalue weighted by Crippen LogP contribution is -2.13. The average Bonchev–Trinajstić information content (AvgIpc) is 2.86. The lowest BCUT2D eigenvalue weighted by molar-refractivity contribution is 0.289. The van der Waals surface area contributed by atoms with E-state index < -0.39 is 0 Å². The van der Waals surface area contributed by atoms with E-state index in [2.05, 4.69) is 68.6 Å². The first kappa shape index (κ1) is 25.7. The zero-order valence-electron chi connectivity index (χ0n) is 21.4. The smallest absolute Gasteiger partial charge is 0.0702 e. The second-order valence-electron chi connectivity index (χ2n) is 10.3. The van der Waals surface area contributed by atoms with Crippen molar-refractivity contribution < 1.29 is 0 Å². The molecule has 1 heteroatoms. The summed E-state index contributed by atoms with van der Waals surface area (Å²) in [7, 11) is 0. The summed E-state index contributed by atoms with van der Waals surface area (Å²) in [6, 6.07) is 13.5. The number of hydrogen-bond acceptors (Lipinski definition) is 1. The molecule has 0 amide bonds. The maximum Gasteiger partial charge on any atom is 0.0702 e. The van der Waals surface area contributed by atoms with Crippen LogP contribution >= 0.6 is 0 Å². The minimum atomic E-state index is 0.829. The fourth-order valence-electron chi connectivity index (χ4n) is 5.23. The zero-order chi connectivity index (χ0) is 23.1. The van der Waals surface area contributed by atoms with E-state index in [4.69, 9.17) is 4.98 Å². The third kappa shape index (κ3) is 9.48. The molecule has 1 aliphatic carbocycles. The van der Waals surface area contributed by atoms with Crippen molar-refractivity contribution in [3.05, 3.63) is 65.9 Å². The van der Waals surface area contributed by atoms with E-state index in [0.717, 1.165) is 36.8 Å². The second kappa shape index (κ2) is 15.1. The Labute approximate surface area is 204 Å². The first-order valence-electron chi connectivity index (χ1n) is 14.0. The van der Waals surface area contributed by atoms with Gasteiger partial charge in [0.25, 0.3) is 0 Å². The largest absolute Gasteiger partial charge is 0.256 e. The van der Waals surface area contributed by atoms with E-state index in [1.165, 1.54) is 93.7 Å². The highest BCUT2D eigenvalue weighted by Gasteiger charge is 2.18. The Morgan fingerprint density at radius 1 is 0.758 bits per heavy atom. The van der Waals surface area contributed by atoms with Gasteiger partial charge in [0, 0.05) is 11.8 Å². The van der Waals surface area contributed by atoms with Gasteiger partial charge in [-0.3, -0.25) is 4.98 Å². The molecule has 0 bridgehead atoms. The minimum absolute atomic E-state index is 0.829. The normalized spacial score (nSPS) is 18.7. The van der Waals surface area contributed by atoms with Gasteiger partial charge in [-0.25, -0.2) is 0 Å². The maximum atomic E-state index is 4.72. The van der Waals surface area contributed by atoms with Gasteiger partial charge in [0.05, 0.1) is 5.69 Å². The van der Waals surface area contributed by atoms with Gasteiger partial charge < -0.3 is 0 Å². The highest BCUT2D eigenvalue weighted by molar-refractivity contribution is 5.59. The molecule has 0 N–H and O–H groups in total. The number of aromatic nitrogens is 1. The Kier molecular flexibility index (Phi) is 11.8. The molecule has 0 unspecified atom stereocenters. The van der Waals surface area contributed by atoms with Crippen molar-refractivity contribution in [2.45, 2.75) is 110 Å². The van der Waals surface area contributed by atoms with Gasteiger partial charge in [-0.2, -0.15) is 0 Å². The number of rotatable bonds is 14. The molecular weight excluding hydrogens is 398 g/mol. The van der Waals surface area contributed by atoms with Crippen LogP contribution in [0.2, 0.25) is 0 Å². The molecule has 33 heavy (non-hydrogen) atoms. The molecule has 2 aromatic rings. The van der Waals surface area contributed by atoms with Crippen LogP contribution in [-0.4, -0.2) is 4.98 Å². The SMILES string of the molecule is CCCCCCc1ccc(-c2ccc(CC/C=C/C3CCC(CCCCC)CC3)cc2)nc1. The summed E-state index contributed by atoms with van der Waals surface area (Å²) >= 11 is 0. The van der Waals surface area contributed by atoms with E-state index in [0.29, 0.717) is 0 Å². The summed E-state index contributed by atoms with van der Waals surface area (Å²) in [6.45, 7) is 4.57. The second-order valence-corrected chi connectivity index (χ2v) is 10.3. The number of unbranched alkanes of at least 4 members (excludes halogenated alkanes) is 5. The summed E-state index contributed by atoms with van der Waals surface area (Å²) in [5.41, 5.74) is 5.10. The van der Waals surface area contributed by atoms with Crippen molar-refractivity contribution in [2.75, 3.05) is 0 Å². The molecule has 3 rings (SSSR count). The van der Waals surface area contributed by atoms with Crippen molar-refractivity contribution in [1.82, 2.24) is 4.98 Å². The molecule has 0 saturated heterocycles. The fraction of sp³-hybridized carbons (Fsp3) is 0.594. The van der Waals surface area contributed by atoms with Crippen LogP contribution in [0.3, 0.4) is 0 Å². The number of hydrogen-bond donors (Lipinski definition) is 0. The van der Waals surface area contributed by atoms with Crippen LogP contribution in [-0.2, 0) is 12.8 Å². The molecule has 180 valence electrons. The van der Waals surface area contributed by atoms with Gasteiger partial charge >= 0.3 is 0 Å². The van der Waals surface area contributed by atoms with Crippen LogP contribution in [0.15, 0.2) is 54.7 Å². The van der Waals surface area contributed by atoms with E-state index >= 15 is 0 Å². The van der Waals surface area contributed by atoms with Crippen LogP contribution in [0.25, 0.3) is 11.3 Å². The average molecular weight is 446 g/mol.